The molecule has 0 radical (unpaired) electrons. The van der Waals surface area contributed by atoms with Gasteiger partial charge in [-0.15, -0.1) is 10.2 Å². The van der Waals surface area contributed by atoms with Gasteiger partial charge >= 0.3 is 6.18 Å². The van der Waals surface area contributed by atoms with Gasteiger partial charge in [-0.2, -0.15) is 13.2 Å². The highest BCUT2D eigenvalue weighted by Gasteiger charge is 2.30. The third-order valence-corrected chi connectivity index (χ3v) is 3.40. The van der Waals surface area contributed by atoms with E-state index in [0.29, 0.717) is 16.7 Å². The molecule has 1 N–H and O–H groups in total. The van der Waals surface area contributed by atoms with Crippen molar-refractivity contribution in [1.29, 1.82) is 0 Å². The minimum absolute atomic E-state index is 0.257. The summed E-state index contributed by atoms with van der Waals surface area (Å²) in [7, 11) is 0. The van der Waals surface area contributed by atoms with Gasteiger partial charge in [-0.1, -0.05) is 24.3 Å². The van der Waals surface area contributed by atoms with Crippen molar-refractivity contribution < 1.29 is 22.7 Å². The number of rotatable bonds is 2. The Morgan fingerprint density at radius 2 is 1.54 bits per heavy atom. The Labute approximate surface area is 134 Å². The summed E-state index contributed by atoms with van der Waals surface area (Å²) in [6.07, 6.45) is -4.44. The fourth-order valence-corrected chi connectivity index (χ4v) is 2.29. The number of hydrogen-bond acceptors (Lipinski definition) is 3. The summed E-state index contributed by atoms with van der Waals surface area (Å²) in [4.78, 5) is 0. The number of aromatic nitrogens is 2. The number of halogens is 4. The summed E-state index contributed by atoms with van der Waals surface area (Å²) in [6.45, 7) is 0. The Morgan fingerprint density at radius 3 is 2.17 bits per heavy atom. The number of benzene rings is 2. The summed E-state index contributed by atoms with van der Waals surface area (Å²) < 4.78 is 51.4. The predicted molar refractivity (Wildman–Crippen MR) is 79.5 cm³/mol. The lowest BCUT2D eigenvalue weighted by Gasteiger charge is -2.11. The van der Waals surface area contributed by atoms with Crippen molar-refractivity contribution in [2.45, 2.75) is 6.18 Å². The molecule has 0 unspecified atom stereocenters. The standard InChI is InChI=1S/C17H10F4N2O/c18-13-3-1-2-11(8-13)16-14(9-15(24)22-23-16)10-4-6-12(7-5-10)17(19,20)21/h1-9H,(H,22,24). The summed E-state index contributed by atoms with van der Waals surface area (Å²) in [5, 5.41) is 16.9. The van der Waals surface area contributed by atoms with Gasteiger partial charge in [0, 0.05) is 17.2 Å². The third kappa shape index (κ3) is 3.19. The fourth-order valence-electron chi connectivity index (χ4n) is 2.29. The molecule has 0 saturated heterocycles. The second-order valence-electron chi connectivity index (χ2n) is 5.05. The normalized spacial score (nSPS) is 11.5. The van der Waals surface area contributed by atoms with E-state index >= 15 is 0 Å². The van der Waals surface area contributed by atoms with Gasteiger partial charge in [-0.3, -0.25) is 0 Å². The Kier molecular flexibility index (Phi) is 3.92. The van der Waals surface area contributed by atoms with E-state index in [1.807, 2.05) is 0 Å². The van der Waals surface area contributed by atoms with Crippen molar-refractivity contribution in [1.82, 2.24) is 10.2 Å². The lowest BCUT2D eigenvalue weighted by Crippen LogP contribution is -2.04. The Bertz CT molecular complexity index is 877. The van der Waals surface area contributed by atoms with E-state index < -0.39 is 17.6 Å². The molecule has 7 heteroatoms. The van der Waals surface area contributed by atoms with Crippen LogP contribution in [0.5, 0.6) is 5.88 Å². The van der Waals surface area contributed by atoms with Crippen LogP contribution in [0.1, 0.15) is 5.56 Å². The lowest BCUT2D eigenvalue weighted by molar-refractivity contribution is -0.137. The van der Waals surface area contributed by atoms with Crippen molar-refractivity contribution in [2.75, 3.05) is 0 Å². The summed E-state index contributed by atoms with van der Waals surface area (Å²) in [6, 6.07) is 11.2. The van der Waals surface area contributed by atoms with Gasteiger partial charge in [0.1, 0.15) is 11.5 Å². The molecule has 0 amide bonds. The average Bonchev–Trinajstić information content (AvgIpc) is 2.54. The Morgan fingerprint density at radius 1 is 0.833 bits per heavy atom. The van der Waals surface area contributed by atoms with E-state index in [2.05, 4.69) is 10.2 Å². The first-order valence-electron chi connectivity index (χ1n) is 6.85. The van der Waals surface area contributed by atoms with Crippen molar-refractivity contribution in [3.8, 4) is 28.3 Å². The average molecular weight is 334 g/mol. The van der Waals surface area contributed by atoms with Crippen LogP contribution in [0.2, 0.25) is 0 Å². The third-order valence-electron chi connectivity index (χ3n) is 3.40. The topological polar surface area (TPSA) is 46.0 Å². The smallest absolute Gasteiger partial charge is 0.416 e. The predicted octanol–water partition coefficient (Wildman–Crippen LogP) is 4.67. The number of aromatic hydroxyl groups is 1. The highest BCUT2D eigenvalue weighted by atomic mass is 19.4. The van der Waals surface area contributed by atoms with Gasteiger partial charge in [0.05, 0.1) is 5.56 Å². The fraction of sp³-hybridized carbons (Fsp3) is 0.0588. The van der Waals surface area contributed by atoms with E-state index in [1.165, 1.54) is 36.4 Å². The van der Waals surface area contributed by atoms with Crippen molar-refractivity contribution in [3.05, 3.63) is 66.0 Å². The first kappa shape index (κ1) is 15.9. The van der Waals surface area contributed by atoms with Crippen LogP contribution in [0.15, 0.2) is 54.6 Å². The molecule has 0 fully saturated rings. The molecule has 0 aliphatic rings. The minimum Gasteiger partial charge on any atom is -0.492 e. The first-order chi connectivity index (χ1) is 11.3. The molecule has 0 aliphatic carbocycles. The van der Waals surface area contributed by atoms with E-state index in [-0.39, 0.29) is 11.6 Å². The van der Waals surface area contributed by atoms with Crippen LogP contribution in [0.25, 0.3) is 22.4 Å². The summed E-state index contributed by atoms with van der Waals surface area (Å²) >= 11 is 0. The van der Waals surface area contributed by atoms with E-state index in [4.69, 9.17) is 0 Å². The molecule has 0 spiro atoms. The molecular formula is C17H10F4N2O. The molecule has 1 heterocycles. The van der Waals surface area contributed by atoms with Crippen LogP contribution in [0.4, 0.5) is 17.6 Å². The zero-order valence-corrected chi connectivity index (χ0v) is 12.0. The molecule has 3 nitrogen and oxygen atoms in total. The van der Waals surface area contributed by atoms with Crippen LogP contribution in [0, 0.1) is 5.82 Å². The Balaban J connectivity index is 2.12. The molecule has 0 bridgehead atoms. The zero-order valence-electron chi connectivity index (χ0n) is 12.0. The number of alkyl halides is 3. The summed E-state index contributed by atoms with van der Waals surface area (Å²) in [5.74, 6) is -0.870. The maximum atomic E-state index is 13.4. The molecule has 3 aromatic rings. The van der Waals surface area contributed by atoms with E-state index in [0.717, 1.165) is 12.1 Å². The van der Waals surface area contributed by atoms with Gasteiger partial charge in [0.15, 0.2) is 0 Å². The van der Waals surface area contributed by atoms with Gasteiger partial charge in [-0.25, -0.2) is 4.39 Å². The molecule has 0 atom stereocenters. The first-order valence-corrected chi connectivity index (χ1v) is 6.85. The maximum Gasteiger partial charge on any atom is 0.416 e. The van der Waals surface area contributed by atoms with Gasteiger partial charge in [0.2, 0.25) is 5.88 Å². The molecule has 24 heavy (non-hydrogen) atoms. The van der Waals surface area contributed by atoms with Crippen molar-refractivity contribution in [3.63, 3.8) is 0 Å². The second-order valence-corrected chi connectivity index (χ2v) is 5.05. The molecule has 1 aromatic heterocycles. The SMILES string of the molecule is Oc1cc(-c2ccc(C(F)(F)F)cc2)c(-c2cccc(F)c2)nn1. The van der Waals surface area contributed by atoms with Crippen LogP contribution >= 0.6 is 0 Å². The van der Waals surface area contributed by atoms with Gasteiger partial charge in [-0.05, 0) is 29.8 Å². The highest BCUT2D eigenvalue weighted by molar-refractivity contribution is 5.80. The molecule has 2 aromatic carbocycles. The van der Waals surface area contributed by atoms with E-state index in [9.17, 15) is 22.7 Å². The monoisotopic (exact) mass is 334 g/mol. The number of nitrogens with zero attached hydrogens (tertiary/aromatic N) is 2. The van der Waals surface area contributed by atoms with Crippen LogP contribution < -0.4 is 0 Å². The van der Waals surface area contributed by atoms with E-state index in [1.54, 1.807) is 6.07 Å². The maximum absolute atomic E-state index is 13.4. The summed E-state index contributed by atoms with van der Waals surface area (Å²) in [5.41, 5.74) is 0.614. The quantitative estimate of drug-likeness (QED) is 0.693. The lowest BCUT2D eigenvalue weighted by atomic mass is 9.99. The molecular weight excluding hydrogens is 324 g/mol. The van der Waals surface area contributed by atoms with Crippen molar-refractivity contribution >= 4 is 0 Å². The molecule has 122 valence electrons. The van der Waals surface area contributed by atoms with Crippen LogP contribution in [-0.2, 0) is 6.18 Å². The number of hydrogen-bond donors (Lipinski definition) is 1. The van der Waals surface area contributed by atoms with Gasteiger partial charge in [0.25, 0.3) is 0 Å². The molecule has 0 saturated carbocycles. The molecule has 0 aliphatic heterocycles. The largest absolute Gasteiger partial charge is 0.492 e. The molecule has 3 rings (SSSR count). The second kappa shape index (κ2) is 5.92. The highest BCUT2D eigenvalue weighted by Crippen LogP contribution is 2.35. The van der Waals surface area contributed by atoms with Crippen LogP contribution in [0.3, 0.4) is 0 Å². The van der Waals surface area contributed by atoms with Crippen LogP contribution in [-0.4, -0.2) is 15.3 Å². The van der Waals surface area contributed by atoms with Crippen molar-refractivity contribution in [2.24, 2.45) is 0 Å². The zero-order chi connectivity index (χ0) is 17.3. The minimum atomic E-state index is -4.44. The van der Waals surface area contributed by atoms with Gasteiger partial charge < -0.3 is 5.11 Å². The Hall–Kier alpha value is -2.96.